The Hall–Kier alpha value is -3.41. The molecule has 0 bridgehead atoms. The van der Waals surface area contributed by atoms with Crippen molar-refractivity contribution in [1.82, 2.24) is 9.97 Å². The average Bonchev–Trinajstić information content (AvgIpc) is 2.70. The topological polar surface area (TPSA) is 76.1 Å². The summed E-state index contributed by atoms with van der Waals surface area (Å²) < 4.78 is 5.40. The van der Waals surface area contributed by atoms with E-state index in [0.717, 1.165) is 11.4 Å². The van der Waals surface area contributed by atoms with Crippen molar-refractivity contribution in [2.75, 3.05) is 17.2 Å². The molecule has 28 heavy (non-hydrogen) atoms. The zero-order chi connectivity index (χ0) is 19.9. The Morgan fingerprint density at radius 1 is 1.00 bits per heavy atom. The Morgan fingerprint density at radius 2 is 1.68 bits per heavy atom. The number of aromatic nitrogens is 2. The van der Waals surface area contributed by atoms with Crippen LogP contribution in [0, 0.1) is 0 Å². The van der Waals surface area contributed by atoms with Gasteiger partial charge in [-0.2, -0.15) is 0 Å². The molecule has 6 nitrogen and oxygen atoms in total. The van der Waals surface area contributed by atoms with Crippen LogP contribution in [-0.4, -0.2) is 22.5 Å². The van der Waals surface area contributed by atoms with Gasteiger partial charge in [-0.1, -0.05) is 26.0 Å². The van der Waals surface area contributed by atoms with Gasteiger partial charge in [0.25, 0.3) is 5.91 Å². The summed E-state index contributed by atoms with van der Waals surface area (Å²) in [7, 11) is 0. The second-order valence-electron chi connectivity index (χ2n) is 6.58. The van der Waals surface area contributed by atoms with E-state index in [-0.39, 0.29) is 11.6 Å². The number of nitrogens with one attached hydrogen (secondary N) is 2. The molecule has 0 radical (unpaired) electrons. The van der Waals surface area contributed by atoms with E-state index in [9.17, 15) is 4.79 Å². The highest BCUT2D eigenvalue weighted by Gasteiger charge is 2.10. The van der Waals surface area contributed by atoms with E-state index in [1.807, 2.05) is 31.2 Å². The first kappa shape index (κ1) is 19.4. The number of benzene rings is 2. The fraction of sp³-hybridized carbons (Fsp3) is 0.227. The number of ether oxygens (including phenoxy) is 1. The molecule has 1 heterocycles. The number of hydrogen-bond acceptors (Lipinski definition) is 5. The maximum atomic E-state index is 12.5. The smallest absolute Gasteiger partial charge is 0.274 e. The van der Waals surface area contributed by atoms with Crippen LogP contribution in [-0.2, 0) is 0 Å². The monoisotopic (exact) mass is 376 g/mol. The molecular weight excluding hydrogens is 352 g/mol. The Morgan fingerprint density at radius 3 is 2.32 bits per heavy atom. The van der Waals surface area contributed by atoms with Gasteiger partial charge in [0.2, 0.25) is 5.95 Å². The summed E-state index contributed by atoms with van der Waals surface area (Å²) in [6, 6.07) is 16.9. The van der Waals surface area contributed by atoms with E-state index in [2.05, 4.69) is 46.6 Å². The standard InChI is InChI=1S/C22H24N4O2/c1-4-28-19-11-9-17(10-12-19)24-21(27)20-13-14-23-22(26-20)25-18-7-5-16(6-8-18)15(2)3/h5-15H,4H2,1-3H3,(H,24,27)(H,23,25,26). The molecule has 0 spiro atoms. The molecule has 0 aliphatic rings. The molecule has 6 heteroatoms. The van der Waals surface area contributed by atoms with Crippen LogP contribution in [0.5, 0.6) is 5.75 Å². The summed E-state index contributed by atoms with van der Waals surface area (Å²) in [6.45, 7) is 6.83. The lowest BCUT2D eigenvalue weighted by molar-refractivity contribution is 0.102. The van der Waals surface area contributed by atoms with E-state index in [0.29, 0.717) is 24.2 Å². The molecule has 3 rings (SSSR count). The van der Waals surface area contributed by atoms with Crippen molar-refractivity contribution < 1.29 is 9.53 Å². The summed E-state index contributed by atoms with van der Waals surface area (Å²) in [5.41, 5.74) is 3.08. The lowest BCUT2D eigenvalue weighted by Gasteiger charge is -2.09. The van der Waals surface area contributed by atoms with Gasteiger partial charge in [0, 0.05) is 17.6 Å². The van der Waals surface area contributed by atoms with Crippen molar-refractivity contribution >= 4 is 23.2 Å². The molecule has 2 N–H and O–H groups in total. The number of rotatable bonds is 7. The predicted octanol–water partition coefficient (Wildman–Crippen LogP) is 4.99. The van der Waals surface area contributed by atoms with Crippen LogP contribution in [0.4, 0.5) is 17.3 Å². The second-order valence-corrected chi connectivity index (χ2v) is 6.58. The maximum Gasteiger partial charge on any atom is 0.274 e. The van der Waals surface area contributed by atoms with Crippen LogP contribution in [0.25, 0.3) is 0 Å². The van der Waals surface area contributed by atoms with Gasteiger partial charge in [-0.05, 0) is 60.9 Å². The van der Waals surface area contributed by atoms with Gasteiger partial charge in [0.1, 0.15) is 11.4 Å². The Kier molecular flexibility index (Phi) is 6.22. The van der Waals surface area contributed by atoms with Crippen LogP contribution in [0.2, 0.25) is 0 Å². The Labute approximate surface area is 165 Å². The average molecular weight is 376 g/mol. The fourth-order valence-electron chi connectivity index (χ4n) is 2.62. The van der Waals surface area contributed by atoms with Gasteiger partial charge in [0.15, 0.2) is 0 Å². The van der Waals surface area contributed by atoms with E-state index in [4.69, 9.17) is 4.74 Å². The molecule has 1 amide bonds. The molecular formula is C22H24N4O2. The van der Waals surface area contributed by atoms with Crippen molar-refractivity contribution in [3.8, 4) is 5.75 Å². The lowest BCUT2D eigenvalue weighted by Crippen LogP contribution is -2.14. The normalized spacial score (nSPS) is 10.6. The minimum absolute atomic E-state index is 0.283. The van der Waals surface area contributed by atoms with Crippen LogP contribution in [0.15, 0.2) is 60.8 Å². The predicted molar refractivity (Wildman–Crippen MR) is 111 cm³/mol. The molecule has 0 saturated carbocycles. The molecule has 0 unspecified atom stereocenters. The van der Waals surface area contributed by atoms with Gasteiger partial charge in [-0.15, -0.1) is 0 Å². The molecule has 0 aliphatic heterocycles. The fourth-order valence-corrected chi connectivity index (χ4v) is 2.62. The number of hydrogen-bond donors (Lipinski definition) is 2. The number of anilines is 3. The molecule has 0 atom stereocenters. The van der Waals surface area contributed by atoms with Gasteiger partial charge in [0.05, 0.1) is 6.61 Å². The van der Waals surface area contributed by atoms with E-state index in [1.54, 1.807) is 24.4 Å². The SMILES string of the molecule is CCOc1ccc(NC(=O)c2ccnc(Nc3ccc(C(C)C)cc3)n2)cc1. The minimum atomic E-state index is -0.301. The van der Waals surface area contributed by atoms with Crippen molar-refractivity contribution in [2.24, 2.45) is 0 Å². The minimum Gasteiger partial charge on any atom is -0.494 e. The van der Waals surface area contributed by atoms with Crippen molar-refractivity contribution in [3.05, 3.63) is 72.1 Å². The molecule has 3 aromatic rings. The van der Waals surface area contributed by atoms with Gasteiger partial charge >= 0.3 is 0 Å². The zero-order valence-corrected chi connectivity index (χ0v) is 16.3. The first-order valence-corrected chi connectivity index (χ1v) is 9.29. The van der Waals surface area contributed by atoms with Crippen LogP contribution in [0.3, 0.4) is 0 Å². The third-order valence-electron chi connectivity index (χ3n) is 4.14. The van der Waals surface area contributed by atoms with Crippen molar-refractivity contribution in [1.29, 1.82) is 0 Å². The molecule has 1 aromatic heterocycles. The molecule has 2 aromatic carbocycles. The molecule has 0 fully saturated rings. The van der Waals surface area contributed by atoms with E-state index >= 15 is 0 Å². The third-order valence-corrected chi connectivity index (χ3v) is 4.14. The zero-order valence-electron chi connectivity index (χ0n) is 16.3. The largest absolute Gasteiger partial charge is 0.494 e. The van der Waals surface area contributed by atoms with Crippen molar-refractivity contribution in [2.45, 2.75) is 26.7 Å². The number of carbonyl (C=O) groups excluding carboxylic acids is 1. The summed E-state index contributed by atoms with van der Waals surface area (Å²) in [6.07, 6.45) is 1.56. The van der Waals surface area contributed by atoms with Crippen LogP contribution in [0.1, 0.15) is 42.7 Å². The van der Waals surface area contributed by atoms with Gasteiger partial charge in [-0.25, -0.2) is 9.97 Å². The van der Waals surface area contributed by atoms with E-state index in [1.165, 1.54) is 5.56 Å². The van der Waals surface area contributed by atoms with Crippen LogP contribution >= 0.6 is 0 Å². The highest BCUT2D eigenvalue weighted by Crippen LogP contribution is 2.19. The number of carbonyl (C=O) groups is 1. The summed E-state index contributed by atoms with van der Waals surface area (Å²) in [4.78, 5) is 21.0. The first-order chi connectivity index (χ1) is 13.5. The summed E-state index contributed by atoms with van der Waals surface area (Å²) >= 11 is 0. The van der Waals surface area contributed by atoms with Crippen molar-refractivity contribution in [3.63, 3.8) is 0 Å². The molecule has 0 aliphatic carbocycles. The quantitative estimate of drug-likeness (QED) is 0.607. The van der Waals surface area contributed by atoms with Gasteiger partial charge in [-0.3, -0.25) is 4.79 Å². The maximum absolute atomic E-state index is 12.5. The highest BCUT2D eigenvalue weighted by atomic mass is 16.5. The second kappa shape index (κ2) is 8.99. The Bertz CT molecular complexity index is 922. The molecule has 0 saturated heterocycles. The lowest BCUT2D eigenvalue weighted by atomic mass is 10.0. The highest BCUT2D eigenvalue weighted by molar-refractivity contribution is 6.03. The summed E-state index contributed by atoms with van der Waals surface area (Å²) in [5, 5.41) is 5.96. The van der Waals surface area contributed by atoms with Gasteiger partial charge < -0.3 is 15.4 Å². The first-order valence-electron chi connectivity index (χ1n) is 9.29. The summed E-state index contributed by atoms with van der Waals surface area (Å²) in [5.74, 6) is 1.30. The number of nitrogens with zero attached hydrogens (tertiary/aromatic N) is 2. The van der Waals surface area contributed by atoms with Crippen LogP contribution < -0.4 is 15.4 Å². The number of amides is 1. The Balaban J connectivity index is 1.67. The van der Waals surface area contributed by atoms with E-state index < -0.39 is 0 Å². The third kappa shape index (κ3) is 5.07. The molecule has 144 valence electrons.